The van der Waals surface area contributed by atoms with Crippen molar-refractivity contribution in [2.75, 3.05) is 51.3 Å². The van der Waals surface area contributed by atoms with Gasteiger partial charge in [-0.1, -0.05) is 0 Å². The standard InChI is InChI=1S/C17H30N4O2S/c1-13-10-20(11-14(2)23-13)12-15-4-7-21(8-5-15)17-18-16(19-24-17)6-9-22-3/h13-15H,4-12H2,1-3H3. The minimum absolute atomic E-state index is 0.362. The lowest BCUT2D eigenvalue weighted by Gasteiger charge is -2.39. The number of hydrogen-bond donors (Lipinski definition) is 0. The maximum absolute atomic E-state index is 5.84. The molecule has 1 aromatic rings. The highest BCUT2D eigenvalue weighted by Gasteiger charge is 2.27. The molecule has 0 amide bonds. The minimum atomic E-state index is 0.362. The average molecular weight is 355 g/mol. The van der Waals surface area contributed by atoms with Crippen molar-refractivity contribution >= 4 is 16.7 Å². The highest BCUT2D eigenvalue weighted by Crippen LogP contribution is 2.26. The van der Waals surface area contributed by atoms with Crippen LogP contribution < -0.4 is 4.90 Å². The molecule has 0 aromatic carbocycles. The normalized spacial score (nSPS) is 26.9. The molecule has 136 valence electrons. The van der Waals surface area contributed by atoms with Gasteiger partial charge in [0, 0.05) is 57.8 Å². The van der Waals surface area contributed by atoms with Crippen LogP contribution in [0, 0.1) is 5.92 Å². The zero-order valence-corrected chi connectivity index (χ0v) is 15.9. The van der Waals surface area contributed by atoms with Gasteiger partial charge in [0.1, 0.15) is 5.82 Å². The Balaban J connectivity index is 1.44. The molecule has 0 radical (unpaired) electrons. The average Bonchev–Trinajstić information content (AvgIpc) is 3.01. The Hall–Kier alpha value is -0.760. The number of ether oxygens (including phenoxy) is 2. The molecule has 0 spiro atoms. The molecule has 2 atom stereocenters. The van der Waals surface area contributed by atoms with Gasteiger partial charge in [0.25, 0.3) is 0 Å². The van der Waals surface area contributed by atoms with Crippen molar-refractivity contribution in [3.8, 4) is 0 Å². The smallest absolute Gasteiger partial charge is 0.205 e. The van der Waals surface area contributed by atoms with Gasteiger partial charge in [-0.25, -0.2) is 4.98 Å². The zero-order valence-electron chi connectivity index (χ0n) is 15.1. The van der Waals surface area contributed by atoms with Crippen LogP contribution in [0.25, 0.3) is 0 Å². The lowest BCUT2D eigenvalue weighted by Crippen LogP contribution is -2.48. The Morgan fingerprint density at radius 1 is 1.21 bits per heavy atom. The fraction of sp³-hybridized carbons (Fsp3) is 0.882. The first-order valence-corrected chi connectivity index (χ1v) is 9.85. The van der Waals surface area contributed by atoms with E-state index in [0.717, 1.165) is 49.5 Å². The highest BCUT2D eigenvalue weighted by atomic mass is 32.1. The molecule has 0 saturated carbocycles. The van der Waals surface area contributed by atoms with E-state index in [9.17, 15) is 0 Å². The molecule has 2 aliphatic rings. The van der Waals surface area contributed by atoms with E-state index in [-0.39, 0.29) is 0 Å². The summed E-state index contributed by atoms with van der Waals surface area (Å²) in [6, 6.07) is 0. The first kappa shape index (κ1) is 18.0. The van der Waals surface area contributed by atoms with Crippen molar-refractivity contribution in [2.45, 2.75) is 45.3 Å². The molecule has 0 bridgehead atoms. The van der Waals surface area contributed by atoms with Crippen LogP contribution in [0.2, 0.25) is 0 Å². The monoisotopic (exact) mass is 354 g/mol. The van der Waals surface area contributed by atoms with Gasteiger partial charge in [0.05, 0.1) is 18.8 Å². The van der Waals surface area contributed by atoms with E-state index >= 15 is 0 Å². The van der Waals surface area contributed by atoms with Crippen molar-refractivity contribution in [3.05, 3.63) is 5.82 Å². The summed E-state index contributed by atoms with van der Waals surface area (Å²) in [6.45, 7) is 10.6. The van der Waals surface area contributed by atoms with Gasteiger partial charge in [0.15, 0.2) is 0 Å². The Labute approximate surface area is 149 Å². The van der Waals surface area contributed by atoms with Gasteiger partial charge in [0.2, 0.25) is 5.13 Å². The van der Waals surface area contributed by atoms with Crippen LogP contribution in [0.3, 0.4) is 0 Å². The minimum Gasteiger partial charge on any atom is -0.384 e. The predicted molar refractivity (Wildman–Crippen MR) is 96.9 cm³/mol. The Kier molecular flexibility index (Phi) is 6.43. The quantitative estimate of drug-likeness (QED) is 0.779. The van der Waals surface area contributed by atoms with Gasteiger partial charge in [-0.05, 0) is 32.6 Å². The van der Waals surface area contributed by atoms with Crippen LogP contribution in [0.15, 0.2) is 0 Å². The molecule has 0 aliphatic carbocycles. The van der Waals surface area contributed by atoms with Crippen LogP contribution in [0.5, 0.6) is 0 Å². The summed E-state index contributed by atoms with van der Waals surface area (Å²) in [7, 11) is 1.72. The molecule has 2 saturated heterocycles. The summed E-state index contributed by atoms with van der Waals surface area (Å²) in [6.07, 6.45) is 4.01. The number of morpholine rings is 1. The van der Waals surface area contributed by atoms with Crippen LogP contribution >= 0.6 is 11.5 Å². The maximum Gasteiger partial charge on any atom is 0.205 e. The van der Waals surface area contributed by atoms with E-state index < -0.39 is 0 Å². The van der Waals surface area contributed by atoms with E-state index in [4.69, 9.17) is 9.47 Å². The third-order valence-corrected chi connectivity index (χ3v) is 5.70. The molecule has 0 N–H and O–H groups in total. The van der Waals surface area contributed by atoms with Crippen molar-refractivity contribution in [1.29, 1.82) is 0 Å². The van der Waals surface area contributed by atoms with Gasteiger partial charge >= 0.3 is 0 Å². The van der Waals surface area contributed by atoms with Crippen molar-refractivity contribution in [2.24, 2.45) is 5.92 Å². The molecule has 2 fully saturated rings. The van der Waals surface area contributed by atoms with Gasteiger partial charge in [-0.2, -0.15) is 4.37 Å². The first-order valence-electron chi connectivity index (χ1n) is 9.08. The summed E-state index contributed by atoms with van der Waals surface area (Å²) < 4.78 is 15.4. The number of methoxy groups -OCH3 is 1. The predicted octanol–water partition coefficient (Wildman–Crippen LogP) is 2.05. The zero-order chi connectivity index (χ0) is 16.9. The molecule has 2 aliphatic heterocycles. The van der Waals surface area contributed by atoms with Crippen molar-refractivity contribution in [1.82, 2.24) is 14.3 Å². The topological polar surface area (TPSA) is 50.7 Å². The number of rotatable bonds is 6. The van der Waals surface area contributed by atoms with Crippen LogP contribution in [0.1, 0.15) is 32.5 Å². The molecule has 3 rings (SSSR count). The number of nitrogens with zero attached hydrogens (tertiary/aromatic N) is 4. The van der Waals surface area contributed by atoms with Gasteiger partial charge in [-0.15, -0.1) is 0 Å². The largest absolute Gasteiger partial charge is 0.384 e. The summed E-state index contributed by atoms with van der Waals surface area (Å²) in [4.78, 5) is 9.65. The Morgan fingerprint density at radius 3 is 2.58 bits per heavy atom. The SMILES string of the molecule is COCCc1nsc(N2CCC(CN3CC(C)OC(C)C3)CC2)n1. The van der Waals surface area contributed by atoms with E-state index in [1.807, 2.05) is 0 Å². The third kappa shape index (κ3) is 4.88. The second-order valence-electron chi connectivity index (χ2n) is 7.14. The Morgan fingerprint density at radius 2 is 1.92 bits per heavy atom. The maximum atomic E-state index is 5.84. The third-order valence-electron chi connectivity index (χ3n) is 4.88. The van der Waals surface area contributed by atoms with Gasteiger partial charge < -0.3 is 14.4 Å². The number of anilines is 1. The van der Waals surface area contributed by atoms with Crippen LogP contribution in [-0.2, 0) is 15.9 Å². The lowest BCUT2D eigenvalue weighted by molar-refractivity contribution is -0.0720. The van der Waals surface area contributed by atoms with Crippen molar-refractivity contribution < 1.29 is 9.47 Å². The lowest BCUT2D eigenvalue weighted by atomic mass is 9.96. The molecular formula is C17H30N4O2S. The number of aromatic nitrogens is 2. The summed E-state index contributed by atoms with van der Waals surface area (Å²) in [5.41, 5.74) is 0. The molecule has 3 heterocycles. The molecule has 2 unspecified atom stereocenters. The number of hydrogen-bond acceptors (Lipinski definition) is 7. The summed E-state index contributed by atoms with van der Waals surface area (Å²) >= 11 is 1.53. The van der Waals surface area contributed by atoms with Crippen LogP contribution in [-0.4, -0.2) is 72.9 Å². The first-order chi connectivity index (χ1) is 11.6. The van der Waals surface area contributed by atoms with Gasteiger partial charge in [-0.3, -0.25) is 4.90 Å². The fourth-order valence-electron chi connectivity index (χ4n) is 3.77. The van der Waals surface area contributed by atoms with E-state index in [2.05, 4.69) is 33.0 Å². The van der Waals surface area contributed by atoms with Crippen LogP contribution in [0.4, 0.5) is 5.13 Å². The van der Waals surface area contributed by atoms with Crippen molar-refractivity contribution in [3.63, 3.8) is 0 Å². The molecule has 1 aromatic heterocycles. The van der Waals surface area contributed by atoms with E-state index in [1.165, 1.54) is 30.9 Å². The second-order valence-corrected chi connectivity index (χ2v) is 7.87. The summed E-state index contributed by atoms with van der Waals surface area (Å²) in [5, 5.41) is 1.08. The second kappa shape index (κ2) is 8.56. The molecule has 6 nitrogen and oxygen atoms in total. The van der Waals surface area contributed by atoms with E-state index in [0.29, 0.717) is 18.8 Å². The summed E-state index contributed by atoms with van der Waals surface area (Å²) in [5.74, 6) is 1.70. The molecule has 24 heavy (non-hydrogen) atoms. The highest BCUT2D eigenvalue weighted by molar-refractivity contribution is 7.09. The molecular weight excluding hydrogens is 324 g/mol. The molecule has 7 heteroatoms. The van der Waals surface area contributed by atoms with E-state index in [1.54, 1.807) is 7.11 Å². The number of piperidine rings is 1. The fourth-order valence-corrected chi connectivity index (χ4v) is 4.54. The Bertz CT molecular complexity index is 495.